The molecule has 0 atom stereocenters. The van der Waals surface area contributed by atoms with E-state index in [0.717, 1.165) is 5.56 Å². The van der Waals surface area contributed by atoms with Crippen molar-refractivity contribution in [3.63, 3.8) is 0 Å². The molecule has 0 spiro atoms. The van der Waals surface area contributed by atoms with Gasteiger partial charge < -0.3 is 5.32 Å². The monoisotopic (exact) mass is 425 g/mol. The van der Waals surface area contributed by atoms with Gasteiger partial charge in [0.25, 0.3) is 21.6 Å². The summed E-state index contributed by atoms with van der Waals surface area (Å²) in [4.78, 5) is 22.9. The second kappa shape index (κ2) is 8.34. The highest BCUT2D eigenvalue weighted by Crippen LogP contribution is 2.23. The Labute approximate surface area is 173 Å². The van der Waals surface area contributed by atoms with Crippen LogP contribution in [0.15, 0.2) is 71.6 Å². The van der Waals surface area contributed by atoms with Crippen LogP contribution in [-0.4, -0.2) is 19.2 Å². The van der Waals surface area contributed by atoms with Crippen LogP contribution in [0.25, 0.3) is 0 Å². The standard InChI is InChI=1S/C21H19N3O5S/c1-14-3-8-17(9-4-14)23-30(28,29)19-11-6-16(7-12-19)21(25)22-20-13-18(24(26)27)10-5-15(20)2/h3-13,23H,1-2H3,(H,22,25). The number of hydrogen-bond acceptors (Lipinski definition) is 5. The molecule has 0 radical (unpaired) electrons. The van der Waals surface area contributed by atoms with Crippen molar-refractivity contribution >= 4 is 33.0 Å². The number of benzene rings is 3. The number of amides is 1. The minimum Gasteiger partial charge on any atom is -0.321 e. The maximum atomic E-state index is 12.5. The summed E-state index contributed by atoms with van der Waals surface area (Å²) in [7, 11) is -3.81. The molecule has 2 N–H and O–H groups in total. The first-order chi connectivity index (χ1) is 14.2. The number of nitro groups is 1. The van der Waals surface area contributed by atoms with E-state index in [2.05, 4.69) is 10.0 Å². The Morgan fingerprint density at radius 1 is 0.933 bits per heavy atom. The maximum Gasteiger partial charge on any atom is 0.271 e. The van der Waals surface area contributed by atoms with Crippen molar-refractivity contribution in [3.05, 3.63) is 93.5 Å². The zero-order valence-corrected chi connectivity index (χ0v) is 17.1. The van der Waals surface area contributed by atoms with E-state index in [0.29, 0.717) is 16.9 Å². The molecule has 8 nitrogen and oxygen atoms in total. The molecule has 30 heavy (non-hydrogen) atoms. The van der Waals surface area contributed by atoms with Crippen LogP contribution < -0.4 is 10.0 Å². The molecular weight excluding hydrogens is 406 g/mol. The molecule has 0 heterocycles. The number of hydrogen-bond donors (Lipinski definition) is 2. The van der Waals surface area contributed by atoms with Crippen LogP contribution in [0.5, 0.6) is 0 Å². The fourth-order valence-electron chi connectivity index (χ4n) is 2.67. The van der Waals surface area contributed by atoms with Crippen molar-refractivity contribution < 1.29 is 18.1 Å². The fraction of sp³-hybridized carbons (Fsp3) is 0.0952. The number of nitrogens with one attached hydrogen (secondary N) is 2. The first kappa shape index (κ1) is 21.0. The Morgan fingerprint density at radius 2 is 1.57 bits per heavy atom. The van der Waals surface area contributed by atoms with E-state index in [4.69, 9.17) is 0 Å². The average molecular weight is 425 g/mol. The third-order valence-corrected chi connectivity index (χ3v) is 5.81. The van der Waals surface area contributed by atoms with Gasteiger partial charge in [-0.05, 0) is 55.8 Å². The van der Waals surface area contributed by atoms with Crippen LogP contribution in [0.4, 0.5) is 17.1 Å². The van der Waals surface area contributed by atoms with Gasteiger partial charge in [0.15, 0.2) is 0 Å². The van der Waals surface area contributed by atoms with Crippen LogP contribution in [0.2, 0.25) is 0 Å². The summed E-state index contributed by atoms with van der Waals surface area (Å²) < 4.78 is 27.5. The highest BCUT2D eigenvalue weighted by atomic mass is 32.2. The van der Waals surface area contributed by atoms with Crippen molar-refractivity contribution in [2.45, 2.75) is 18.7 Å². The summed E-state index contributed by atoms with van der Waals surface area (Å²) in [5.74, 6) is -0.506. The van der Waals surface area contributed by atoms with E-state index < -0.39 is 20.9 Å². The molecule has 0 aliphatic heterocycles. The van der Waals surface area contributed by atoms with Gasteiger partial charge in [-0.1, -0.05) is 23.8 Å². The lowest BCUT2D eigenvalue weighted by Crippen LogP contribution is -2.15. The fourth-order valence-corrected chi connectivity index (χ4v) is 3.73. The van der Waals surface area contributed by atoms with Crippen molar-refractivity contribution in [2.24, 2.45) is 0 Å². The first-order valence-corrected chi connectivity index (χ1v) is 10.4. The van der Waals surface area contributed by atoms with Gasteiger partial charge in [-0.25, -0.2) is 8.42 Å². The zero-order valence-electron chi connectivity index (χ0n) is 16.2. The number of sulfonamides is 1. The number of carbonyl (C=O) groups excluding carboxylic acids is 1. The highest BCUT2D eigenvalue weighted by Gasteiger charge is 2.16. The maximum absolute atomic E-state index is 12.5. The van der Waals surface area contributed by atoms with Crippen LogP contribution in [-0.2, 0) is 10.0 Å². The van der Waals surface area contributed by atoms with E-state index in [1.807, 2.05) is 6.92 Å². The number of anilines is 2. The van der Waals surface area contributed by atoms with E-state index >= 15 is 0 Å². The van der Waals surface area contributed by atoms with Gasteiger partial charge in [-0.3, -0.25) is 19.6 Å². The number of rotatable bonds is 6. The van der Waals surface area contributed by atoms with Gasteiger partial charge >= 0.3 is 0 Å². The number of non-ortho nitro benzene ring substituents is 1. The molecule has 3 aromatic rings. The second-order valence-corrected chi connectivity index (χ2v) is 8.39. The molecule has 0 bridgehead atoms. The Bertz CT molecular complexity index is 1200. The van der Waals surface area contributed by atoms with Gasteiger partial charge in [0, 0.05) is 23.4 Å². The molecule has 0 aliphatic carbocycles. The van der Waals surface area contributed by atoms with E-state index in [1.165, 1.54) is 36.4 Å². The normalized spacial score (nSPS) is 11.0. The van der Waals surface area contributed by atoms with Gasteiger partial charge in [-0.2, -0.15) is 0 Å². The van der Waals surface area contributed by atoms with Crippen LogP contribution in [0.1, 0.15) is 21.5 Å². The van der Waals surface area contributed by atoms with Crippen LogP contribution in [0, 0.1) is 24.0 Å². The zero-order chi connectivity index (χ0) is 21.9. The molecule has 0 aromatic heterocycles. The molecule has 1 amide bonds. The van der Waals surface area contributed by atoms with Crippen molar-refractivity contribution in [2.75, 3.05) is 10.0 Å². The molecule has 3 aromatic carbocycles. The van der Waals surface area contributed by atoms with Crippen molar-refractivity contribution in [3.8, 4) is 0 Å². The van der Waals surface area contributed by atoms with Gasteiger partial charge in [0.05, 0.1) is 15.5 Å². The van der Waals surface area contributed by atoms with Crippen molar-refractivity contribution in [1.82, 2.24) is 0 Å². The minimum atomic E-state index is -3.81. The summed E-state index contributed by atoms with van der Waals surface area (Å²) in [6.45, 7) is 3.61. The molecule has 3 rings (SSSR count). The third-order valence-electron chi connectivity index (χ3n) is 4.41. The van der Waals surface area contributed by atoms with Crippen LogP contribution >= 0.6 is 0 Å². The predicted molar refractivity (Wildman–Crippen MR) is 114 cm³/mol. The topological polar surface area (TPSA) is 118 Å². The van der Waals surface area contributed by atoms with Crippen molar-refractivity contribution in [1.29, 1.82) is 0 Å². The second-order valence-electron chi connectivity index (χ2n) is 6.71. The van der Waals surface area contributed by atoms with E-state index in [1.54, 1.807) is 37.3 Å². The highest BCUT2D eigenvalue weighted by molar-refractivity contribution is 7.92. The van der Waals surface area contributed by atoms with E-state index in [9.17, 15) is 23.3 Å². The first-order valence-electron chi connectivity index (χ1n) is 8.92. The quantitative estimate of drug-likeness (QED) is 0.452. The summed E-state index contributed by atoms with van der Waals surface area (Å²) in [6.07, 6.45) is 0. The SMILES string of the molecule is Cc1ccc(NS(=O)(=O)c2ccc(C(=O)Nc3cc([N+](=O)[O-])ccc3C)cc2)cc1. The average Bonchev–Trinajstić information content (AvgIpc) is 2.71. The van der Waals surface area contributed by atoms with Gasteiger partial charge in [0.1, 0.15) is 0 Å². The van der Waals surface area contributed by atoms with Gasteiger partial charge in [0.2, 0.25) is 0 Å². The summed E-state index contributed by atoms with van der Waals surface area (Å²) >= 11 is 0. The molecule has 0 saturated carbocycles. The largest absolute Gasteiger partial charge is 0.321 e. The summed E-state index contributed by atoms with van der Waals surface area (Å²) in [5, 5.41) is 13.5. The smallest absolute Gasteiger partial charge is 0.271 e. The Morgan fingerprint density at radius 3 is 2.17 bits per heavy atom. The summed E-state index contributed by atoms with van der Waals surface area (Å²) in [5.41, 5.74) is 2.49. The lowest BCUT2D eigenvalue weighted by molar-refractivity contribution is -0.384. The summed E-state index contributed by atoms with van der Waals surface area (Å²) in [6, 6.07) is 16.5. The minimum absolute atomic E-state index is 0.00570. The lowest BCUT2D eigenvalue weighted by Gasteiger charge is -2.10. The van der Waals surface area contributed by atoms with E-state index in [-0.39, 0.29) is 16.1 Å². The number of aryl methyl sites for hydroxylation is 2. The number of nitrogens with zero attached hydrogens (tertiary/aromatic N) is 1. The Kier molecular flexibility index (Phi) is 5.84. The molecular formula is C21H19N3O5S. The number of carbonyl (C=O) groups is 1. The van der Waals surface area contributed by atoms with Crippen LogP contribution in [0.3, 0.4) is 0 Å². The third kappa shape index (κ3) is 4.81. The lowest BCUT2D eigenvalue weighted by atomic mass is 10.1. The molecule has 0 fully saturated rings. The molecule has 9 heteroatoms. The Balaban J connectivity index is 1.76. The Hall–Kier alpha value is -3.72. The predicted octanol–water partition coefficient (Wildman–Crippen LogP) is 4.26. The number of nitro benzene ring substituents is 1. The molecule has 0 aliphatic rings. The molecule has 0 saturated heterocycles. The molecule has 0 unspecified atom stereocenters. The van der Waals surface area contributed by atoms with Gasteiger partial charge in [-0.15, -0.1) is 0 Å². The molecule has 154 valence electrons.